The molecule has 4 heteroatoms. The number of rotatable bonds is 3. The molecular formula is C15H14BrNO2. The largest absolute Gasteiger partial charge is 0.507 e. The quantitative estimate of drug-likeness (QED) is 0.844. The summed E-state index contributed by atoms with van der Waals surface area (Å²) in [6.07, 6.45) is 0. The molecule has 0 spiro atoms. The molecule has 19 heavy (non-hydrogen) atoms. The number of hydrogen-bond acceptors (Lipinski definition) is 2. The van der Waals surface area contributed by atoms with Crippen LogP contribution in [0.2, 0.25) is 0 Å². The molecule has 0 bridgehead atoms. The topological polar surface area (TPSA) is 49.3 Å². The summed E-state index contributed by atoms with van der Waals surface area (Å²) in [4.78, 5) is 12.2. The Labute approximate surface area is 120 Å². The van der Waals surface area contributed by atoms with E-state index >= 15 is 0 Å². The number of benzene rings is 2. The third kappa shape index (κ3) is 2.96. The van der Waals surface area contributed by atoms with Crippen LogP contribution in [0.1, 0.15) is 21.5 Å². The van der Waals surface area contributed by atoms with Gasteiger partial charge in [0.15, 0.2) is 0 Å². The fourth-order valence-electron chi connectivity index (χ4n) is 1.79. The van der Waals surface area contributed by atoms with Gasteiger partial charge in [-0.2, -0.15) is 0 Å². The highest BCUT2D eigenvalue weighted by Crippen LogP contribution is 2.24. The normalized spacial score (nSPS) is 10.2. The van der Waals surface area contributed by atoms with E-state index < -0.39 is 0 Å². The molecule has 0 aliphatic heterocycles. The molecule has 98 valence electrons. The van der Waals surface area contributed by atoms with Gasteiger partial charge in [-0.05, 0) is 30.2 Å². The van der Waals surface area contributed by atoms with Crippen LogP contribution in [0.4, 0.5) is 5.69 Å². The average molecular weight is 320 g/mol. The number of halogens is 1. The lowest BCUT2D eigenvalue weighted by Crippen LogP contribution is -2.13. The van der Waals surface area contributed by atoms with Crippen molar-refractivity contribution in [2.75, 3.05) is 5.32 Å². The molecule has 2 rings (SSSR count). The Balaban J connectivity index is 2.28. The Morgan fingerprint density at radius 1 is 1.21 bits per heavy atom. The number of alkyl halides is 1. The number of aryl methyl sites for hydroxylation is 1. The molecular weight excluding hydrogens is 306 g/mol. The number of nitrogens with one attached hydrogen (secondary N) is 1. The molecule has 2 aromatic rings. The van der Waals surface area contributed by atoms with Crippen LogP contribution in [-0.2, 0) is 5.33 Å². The lowest BCUT2D eigenvalue weighted by molar-refractivity contribution is 0.102. The van der Waals surface area contributed by atoms with Crippen LogP contribution in [0.3, 0.4) is 0 Å². The Bertz CT molecular complexity index is 611. The minimum absolute atomic E-state index is 0.0244. The van der Waals surface area contributed by atoms with E-state index in [9.17, 15) is 9.90 Å². The zero-order valence-corrected chi connectivity index (χ0v) is 12.1. The van der Waals surface area contributed by atoms with E-state index in [1.165, 1.54) is 0 Å². The molecule has 1 amide bonds. The van der Waals surface area contributed by atoms with Crippen molar-refractivity contribution < 1.29 is 9.90 Å². The van der Waals surface area contributed by atoms with Crippen LogP contribution in [-0.4, -0.2) is 11.0 Å². The zero-order valence-electron chi connectivity index (χ0n) is 10.5. The van der Waals surface area contributed by atoms with Crippen LogP contribution in [0.15, 0.2) is 42.5 Å². The summed E-state index contributed by atoms with van der Waals surface area (Å²) in [5.41, 5.74) is 2.69. The van der Waals surface area contributed by atoms with E-state index in [4.69, 9.17) is 0 Å². The number of phenolic OH excluding ortho intramolecular Hbond substituents is 1. The smallest absolute Gasteiger partial charge is 0.259 e. The van der Waals surface area contributed by atoms with E-state index in [2.05, 4.69) is 21.2 Å². The summed E-state index contributed by atoms with van der Waals surface area (Å²) in [5.74, 6) is -0.286. The maximum absolute atomic E-state index is 12.2. The van der Waals surface area contributed by atoms with Gasteiger partial charge in [0.2, 0.25) is 0 Å². The number of para-hydroxylation sites is 2. The highest BCUT2D eigenvalue weighted by molar-refractivity contribution is 9.08. The average Bonchev–Trinajstić information content (AvgIpc) is 2.42. The van der Waals surface area contributed by atoms with Crippen molar-refractivity contribution >= 4 is 27.5 Å². The van der Waals surface area contributed by atoms with Crippen molar-refractivity contribution in [1.29, 1.82) is 0 Å². The molecule has 0 aliphatic rings. The lowest BCUT2D eigenvalue weighted by atomic mass is 10.1. The summed E-state index contributed by atoms with van der Waals surface area (Å²) < 4.78 is 0. The second-order valence-corrected chi connectivity index (χ2v) is 4.78. The number of amides is 1. The molecule has 0 saturated carbocycles. The summed E-state index contributed by atoms with van der Waals surface area (Å²) in [7, 11) is 0. The van der Waals surface area contributed by atoms with Gasteiger partial charge in [0.25, 0.3) is 5.91 Å². The monoisotopic (exact) mass is 319 g/mol. The van der Waals surface area contributed by atoms with E-state index in [1.54, 1.807) is 25.1 Å². The van der Waals surface area contributed by atoms with Gasteiger partial charge in [0, 0.05) is 11.0 Å². The first kappa shape index (κ1) is 13.6. The van der Waals surface area contributed by atoms with Crippen molar-refractivity contribution in [1.82, 2.24) is 0 Å². The SMILES string of the molecule is Cc1cccc(C(=O)Nc2ccccc2CBr)c1O. The molecule has 0 saturated heterocycles. The lowest BCUT2D eigenvalue weighted by Gasteiger charge is -2.11. The first-order valence-electron chi connectivity index (χ1n) is 5.87. The van der Waals surface area contributed by atoms with Crippen molar-refractivity contribution in [3.05, 3.63) is 59.2 Å². The molecule has 0 atom stereocenters. The van der Waals surface area contributed by atoms with E-state index in [0.717, 1.165) is 11.3 Å². The van der Waals surface area contributed by atoms with Crippen molar-refractivity contribution in [3.8, 4) is 5.75 Å². The van der Waals surface area contributed by atoms with E-state index in [1.807, 2.05) is 24.3 Å². The minimum Gasteiger partial charge on any atom is -0.507 e. The molecule has 2 aromatic carbocycles. The van der Waals surface area contributed by atoms with Gasteiger partial charge < -0.3 is 10.4 Å². The minimum atomic E-state index is -0.311. The maximum atomic E-state index is 12.2. The Hall–Kier alpha value is -1.81. The van der Waals surface area contributed by atoms with Crippen molar-refractivity contribution in [3.63, 3.8) is 0 Å². The summed E-state index contributed by atoms with van der Waals surface area (Å²) in [6, 6.07) is 12.7. The van der Waals surface area contributed by atoms with Gasteiger partial charge >= 0.3 is 0 Å². The molecule has 3 nitrogen and oxygen atoms in total. The molecule has 0 unspecified atom stereocenters. The molecule has 0 aliphatic carbocycles. The van der Waals surface area contributed by atoms with Gasteiger partial charge in [-0.1, -0.05) is 46.3 Å². The first-order chi connectivity index (χ1) is 9.13. The molecule has 0 radical (unpaired) electrons. The molecule has 2 N–H and O–H groups in total. The highest BCUT2D eigenvalue weighted by atomic mass is 79.9. The second-order valence-electron chi connectivity index (χ2n) is 4.22. The van der Waals surface area contributed by atoms with Crippen molar-refractivity contribution in [2.45, 2.75) is 12.3 Å². The fourth-order valence-corrected chi connectivity index (χ4v) is 2.28. The molecule has 0 aromatic heterocycles. The number of carbonyl (C=O) groups is 1. The van der Waals surface area contributed by atoms with Crippen molar-refractivity contribution in [2.24, 2.45) is 0 Å². The van der Waals surface area contributed by atoms with Gasteiger partial charge in [-0.25, -0.2) is 0 Å². The molecule has 0 heterocycles. The van der Waals surface area contributed by atoms with Crippen LogP contribution >= 0.6 is 15.9 Å². The number of phenols is 1. The van der Waals surface area contributed by atoms with Gasteiger partial charge in [0.05, 0.1) is 5.56 Å². The predicted octanol–water partition coefficient (Wildman–Crippen LogP) is 3.85. The number of hydrogen-bond donors (Lipinski definition) is 2. The van der Waals surface area contributed by atoms with Crippen LogP contribution in [0.5, 0.6) is 5.75 Å². The fraction of sp³-hybridized carbons (Fsp3) is 0.133. The Morgan fingerprint density at radius 3 is 2.68 bits per heavy atom. The standard InChI is InChI=1S/C15H14BrNO2/c1-10-5-4-7-12(14(10)18)15(19)17-13-8-3-2-6-11(13)9-16/h2-8,18H,9H2,1H3,(H,17,19). The molecule has 0 fully saturated rings. The predicted molar refractivity (Wildman–Crippen MR) is 79.9 cm³/mol. The van der Waals surface area contributed by atoms with Gasteiger partial charge in [-0.3, -0.25) is 4.79 Å². The Morgan fingerprint density at radius 2 is 1.95 bits per heavy atom. The first-order valence-corrected chi connectivity index (χ1v) is 6.99. The third-order valence-electron chi connectivity index (χ3n) is 2.89. The maximum Gasteiger partial charge on any atom is 0.259 e. The van der Waals surface area contributed by atoms with Gasteiger partial charge in [0.1, 0.15) is 5.75 Å². The van der Waals surface area contributed by atoms with E-state index in [0.29, 0.717) is 10.9 Å². The van der Waals surface area contributed by atoms with Gasteiger partial charge in [-0.15, -0.1) is 0 Å². The van der Waals surface area contributed by atoms with Crippen LogP contribution < -0.4 is 5.32 Å². The highest BCUT2D eigenvalue weighted by Gasteiger charge is 2.13. The van der Waals surface area contributed by atoms with E-state index in [-0.39, 0.29) is 17.2 Å². The number of aromatic hydroxyl groups is 1. The zero-order chi connectivity index (χ0) is 13.8. The number of anilines is 1. The summed E-state index contributed by atoms with van der Waals surface area (Å²) in [5, 5.41) is 13.4. The summed E-state index contributed by atoms with van der Waals surface area (Å²) in [6.45, 7) is 1.76. The Kier molecular flexibility index (Phi) is 4.22. The second kappa shape index (κ2) is 5.89. The summed E-state index contributed by atoms with van der Waals surface area (Å²) >= 11 is 3.38. The third-order valence-corrected chi connectivity index (χ3v) is 3.50. The van der Waals surface area contributed by atoms with Crippen LogP contribution in [0.25, 0.3) is 0 Å². The van der Waals surface area contributed by atoms with Crippen LogP contribution in [0, 0.1) is 6.92 Å². The number of carbonyl (C=O) groups excluding carboxylic acids is 1.